The number of hydrogen-bond donors (Lipinski definition) is 2. The number of ether oxygens (including phenoxy) is 2. The molecule has 182 valence electrons. The molecule has 2 aliphatic heterocycles. The van der Waals surface area contributed by atoms with Crippen molar-refractivity contribution in [3.8, 4) is 11.4 Å². The molecule has 0 fully saturated rings. The number of methoxy groups -OCH3 is 1. The smallest absolute Gasteiger partial charge is 0.211 e. The van der Waals surface area contributed by atoms with Crippen molar-refractivity contribution < 1.29 is 9.47 Å². The number of imidazole rings is 1. The van der Waals surface area contributed by atoms with Crippen LogP contribution in [0.4, 0.5) is 0 Å². The van der Waals surface area contributed by atoms with Gasteiger partial charge in [-0.05, 0) is 24.6 Å². The number of aromatic nitrogens is 2. The van der Waals surface area contributed by atoms with Crippen LogP contribution in [0.3, 0.4) is 0 Å². The molecule has 3 N–H and O–H groups in total. The Kier molecular flexibility index (Phi) is 6.27. The zero-order valence-electron chi connectivity index (χ0n) is 20.0. The van der Waals surface area contributed by atoms with Gasteiger partial charge in [-0.3, -0.25) is 5.73 Å². The number of nitrogens with one attached hydrogen (secondary N) is 1. The monoisotopic (exact) mass is 492 g/mol. The first kappa shape index (κ1) is 23.4. The first-order valence-electron chi connectivity index (χ1n) is 11.6. The first-order valence-corrected chi connectivity index (χ1v) is 11.9. The number of likely N-dealkylation sites (N-methyl/N-ethyl adjacent to an activating group) is 1. The predicted molar refractivity (Wildman–Crippen MR) is 137 cm³/mol. The summed E-state index contributed by atoms with van der Waals surface area (Å²) in [6.07, 6.45) is 3.37. The number of benzene rings is 2. The zero-order chi connectivity index (χ0) is 24.6. The van der Waals surface area contributed by atoms with Gasteiger partial charge in [0.15, 0.2) is 0 Å². The third kappa shape index (κ3) is 4.29. The topological polar surface area (TPSA) is 89.9 Å². The summed E-state index contributed by atoms with van der Waals surface area (Å²) in [7, 11) is 3.65. The maximum Gasteiger partial charge on any atom is 0.211 e. The van der Waals surface area contributed by atoms with Gasteiger partial charge >= 0.3 is 0 Å². The lowest BCUT2D eigenvalue weighted by Crippen LogP contribution is -2.56. The molecule has 0 spiro atoms. The number of hydrogen-bond acceptors (Lipinski definition) is 7. The molecule has 2 atom stereocenters. The summed E-state index contributed by atoms with van der Waals surface area (Å²) in [5, 5.41) is 3.99. The van der Waals surface area contributed by atoms with Gasteiger partial charge < -0.3 is 24.3 Å². The molecule has 2 unspecified atom stereocenters. The first-order chi connectivity index (χ1) is 16.9. The molecule has 8 nitrogen and oxygen atoms in total. The summed E-state index contributed by atoms with van der Waals surface area (Å²) in [5.41, 5.74) is 11.9. The van der Waals surface area contributed by atoms with E-state index >= 15 is 0 Å². The van der Waals surface area contributed by atoms with Crippen LogP contribution in [-0.4, -0.2) is 54.2 Å². The molecule has 2 aliphatic rings. The van der Waals surface area contributed by atoms with Crippen molar-refractivity contribution in [1.29, 1.82) is 0 Å². The summed E-state index contributed by atoms with van der Waals surface area (Å²) in [5.74, 6) is 0.289. The van der Waals surface area contributed by atoms with Gasteiger partial charge in [0.05, 0.1) is 26.0 Å². The molecule has 0 aliphatic carbocycles. The van der Waals surface area contributed by atoms with E-state index in [1.54, 1.807) is 19.6 Å². The van der Waals surface area contributed by atoms with Crippen molar-refractivity contribution in [2.24, 2.45) is 10.7 Å². The highest BCUT2D eigenvalue weighted by molar-refractivity contribution is 6.29. The van der Waals surface area contributed by atoms with Gasteiger partial charge in [-0.2, -0.15) is 0 Å². The second kappa shape index (κ2) is 9.37. The van der Waals surface area contributed by atoms with Crippen molar-refractivity contribution in [2.45, 2.75) is 18.6 Å². The Morgan fingerprint density at radius 2 is 2.09 bits per heavy atom. The Labute approximate surface area is 210 Å². The normalized spacial score (nSPS) is 21.7. The molecule has 0 radical (unpaired) electrons. The van der Waals surface area contributed by atoms with Crippen molar-refractivity contribution in [3.63, 3.8) is 0 Å². The Hall–Kier alpha value is -3.33. The fourth-order valence-electron chi connectivity index (χ4n) is 4.57. The SMILES string of the molecule is CCN(C)C1=NC(N)(c2ccc(-n3cnc(Cl)c3)c(OC)c2)NC2=C1COCC2c1ccccc1. The van der Waals surface area contributed by atoms with E-state index in [1.165, 1.54) is 5.56 Å². The number of amidine groups is 1. The van der Waals surface area contributed by atoms with E-state index < -0.39 is 5.79 Å². The average Bonchev–Trinajstić information content (AvgIpc) is 3.33. The molecule has 0 bridgehead atoms. The summed E-state index contributed by atoms with van der Waals surface area (Å²) in [6, 6.07) is 16.1. The quantitative estimate of drug-likeness (QED) is 0.565. The molecular weight excluding hydrogens is 464 g/mol. The van der Waals surface area contributed by atoms with Gasteiger partial charge in [-0.25, -0.2) is 9.98 Å². The molecule has 2 aromatic carbocycles. The van der Waals surface area contributed by atoms with Crippen molar-refractivity contribution >= 4 is 17.4 Å². The Balaban J connectivity index is 1.60. The highest BCUT2D eigenvalue weighted by atomic mass is 35.5. The fourth-order valence-corrected chi connectivity index (χ4v) is 4.72. The number of rotatable bonds is 5. The molecule has 5 rings (SSSR count). The van der Waals surface area contributed by atoms with Gasteiger partial charge in [-0.15, -0.1) is 0 Å². The number of nitrogens with two attached hydrogens (primary N) is 1. The van der Waals surface area contributed by atoms with Crippen LogP contribution in [-0.2, 0) is 10.5 Å². The second-order valence-electron chi connectivity index (χ2n) is 8.70. The summed E-state index contributed by atoms with van der Waals surface area (Å²) in [6.45, 7) is 3.92. The van der Waals surface area contributed by atoms with Crippen LogP contribution in [0.1, 0.15) is 24.0 Å². The lowest BCUT2D eigenvalue weighted by Gasteiger charge is -2.42. The highest BCUT2D eigenvalue weighted by Crippen LogP contribution is 2.38. The third-order valence-corrected chi connectivity index (χ3v) is 6.76. The molecular formula is C26H29ClN6O2. The fraction of sp³-hybridized carbons (Fsp3) is 0.308. The average molecular weight is 493 g/mol. The van der Waals surface area contributed by atoms with Gasteiger partial charge in [0.2, 0.25) is 5.79 Å². The summed E-state index contributed by atoms with van der Waals surface area (Å²) >= 11 is 6.03. The molecule has 0 saturated carbocycles. The van der Waals surface area contributed by atoms with Crippen LogP contribution < -0.4 is 15.8 Å². The third-order valence-electron chi connectivity index (χ3n) is 6.57. The van der Waals surface area contributed by atoms with Crippen LogP contribution >= 0.6 is 11.6 Å². The van der Waals surface area contributed by atoms with E-state index in [4.69, 9.17) is 31.8 Å². The molecule has 3 aromatic rings. The maximum atomic E-state index is 7.03. The summed E-state index contributed by atoms with van der Waals surface area (Å²) in [4.78, 5) is 11.2. The van der Waals surface area contributed by atoms with Gasteiger partial charge in [0.1, 0.15) is 23.1 Å². The standard InChI is InChI=1S/C26H29ClN6O2/c1-4-32(2)25-20-15-35-14-19(17-8-6-5-7-9-17)24(20)30-26(28,31-25)18-10-11-21(22(12-18)34-3)33-13-23(27)29-16-33/h5-13,16,19,30H,4,14-15,28H2,1-3H3. The maximum absolute atomic E-state index is 7.03. The van der Waals surface area contributed by atoms with Crippen LogP contribution in [0.25, 0.3) is 5.69 Å². The van der Waals surface area contributed by atoms with Gasteiger partial charge in [0.25, 0.3) is 0 Å². The van der Waals surface area contributed by atoms with E-state index in [1.807, 2.05) is 48.0 Å². The molecule has 1 aromatic heterocycles. The summed E-state index contributed by atoms with van der Waals surface area (Å²) < 4.78 is 13.5. The van der Waals surface area contributed by atoms with Crippen LogP contribution in [0.15, 0.2) is 77.3 Å². The lowest BCUT2D eigenvalue weighted by molar-refractivity contribution is 0.127. The minimum atomic E-state index is -1.19. The van der Waals surface area contributed by atoms with E-state index in [0.717, 1.165) is 34.9 Å². The van der Waals surface area contributed by atoms with Crippen molar-refractivity contribution in [1.82, 2.24) is 19.8 Å². The van der Waals surface area contributed by atoms with E-state index in [9.17, 15) is 0 Å². The molecule has 35 heavy (non-hydrogen) atoms. The van der Waals surface area contributed by atoms with E-state index in [0.29, 0.717) is 24.1 Å². The predicted octanol–water partition coefficient (Wildman–Crippen LogP) is 3.62. The number of aliphatic imine (C=N–C) groups is 1. The van der Waals surface area contributed by atoms with Crippen LogP contribution in [0.2, 0.25) is 5.15 Å². The number of nitrogens with zero attached hydrogens (tertiary/aromatic N) is 4. The van der Waals surface area contributed by atoms with Gasteiger partial charge in [0, 0.05) is 42.5 Å². The van der Waals surface area contributed by atoms with Gasteiger partial charge in [-0.1, -0.05) is 48.0 Å². The molecule has 9 heteroatoms. The highest BCUT2D eigenvalue weighted by Gasteiger charge is 2.40. The zero-order valence-corrected chi connectivity index (χ0v) is 20.8. The largest absolute Gasteiger partial charge is 0.495 e. The van der Waals surface area contributed by atoms with Crippen molar-refractivity contribution in [2.75, 3.05) is 33.9 Å². The van der Waals surface area contributed by atoms with E-state index in [-0.39, 0.29) is 5.92 Å². The van der Waals surface area contributed by atoms with Crippen LogP contribution in [0.5, 0.6) is 5.75 Å². The minimum absolute atomic E-state index is 0.0212. The lowest BCUT2D eigenvalue weighted by atomic mass is 9.88. The van der Waals surface area contributed by atoms with Crippen molar-refractivity contribution in [3.05, 3.63) is 88.6 Å². The Bertz CT molecular complexity index is 1290. The number of halogens is 1. The molecule has 3 heterocycles. The molecule has 0 saturated heterocycles. The van der Waals surface area contributed by atoms with Crippen LogP contribution in [0, 0.1) is 0 Å². The second-order valence-corrected chi connectivity index (χ2v) is 9.09. The Morgan fingerprint density at radius 1 is 1.29 bits per heavy atom. The Morgan fingerprint density at radius 3 is 2.77 bits per heavy atom. The minimum Gasteiger partial charge on any atom is -0.495 e. The molecule has 0 amide bonds. The van der Waals surface area contributed by atoms with E-state index in [2.05, 4.69) is 34.3 Å².